The molecular weight excluding hydrogens is 821 g/mol. The molecule has 0 heterocycles. The summed E-state index contributed by atoms with van der Waals surface area (Å²) in [6, 6.07) is 15.1. The first-order valence-corrected chi connectivity index (χ1v) is 20.7. The highest BCUT2D eigenvalue weighted by atomic mass is 32.2. The van der Waals surface area contributed by atoms with Crippen molar-refractivity contribution in [3.05, 3.63) is 146 Å². The average molecular weight is 871 g/mol. The summed E-state index contributed by atoms with van der Waals surface area (Å²) in [5.74, 6) is -3.07. The summed E-state index contributed by atoms with van der Waals surface area (Å²) in [6.45, 7) is 16.4. The third-order valence-corrected chi connectivity index (χ3v) is 10.9. The zero-order valence-corrected chi connectivity index (χ0v) is 35.0. The van der Waals surface area contributed by atoms with E-state index in [0.29, 0.717) is 22.3 Å². The monoisotopic (exact) mass is 870 g/mol. The predicted octanol–water partition coefficient (Wildman–Crippen LogP) is 5.89. The largest absolute Gasteiger partial charge is 0.508 e. The Balaban J connectivity index is 1.56. The van der Waals surface area contributed by atoms with Crippen LogP contribution in [0.1, 0.15) is 47.9 Å². The first-order chi connectivity index (χ1) is 29.6. The fourth-order valence-corrected chi connectivity index (χ4v) is 7.05. The molecule has 0 atom stereocenters. The highest BCUT2D eigenvalue weighted by molar-refractivity contribution is 7.91. The van der Waals surface area contributed by atoms with E-state index < -0.39 is 51.8 Å². The molecule has 2 amide bonds. The maximum atomic E-state index is 13.5. The maximum absolute atomic E-state index is 13.5. The molecule has 62 heavy (non-hydrogen) atoms. The number of hydrogen-bond acceptors (Lipinski definition) is 13. The fraction of sp³-hybridized carbons (Fsp3) is 0.261. The number of hydrogen-bond donors (Lipinski definition) is 3. The van der Waals surface area contributed by atoms with Gasteiger partial charge in [0.15, 0.2) is 5.78 Å². The van der Waals surface area contributed by atoms with E-state index in [1.807, 2.05) is 0 Å². The number of carbonyl (C=O) groups is 6. The highest BCUT2D eigenvalue weighted by Crippen LogP contribution is 2.31. The second-order valence-corrected chi connectivity index (χ2v) is 15.8. The number of ketones is 1. The van der Waals surface area contributed by atoms with Gasteiger partial charge in [-0.15, -0.1) is 13.2 Å². The van der Waals surface area contributed by atoms with Crippen molar-refractivity contribution in [1.82, 2.24) is 10.6 Å². The van der Waals surface area contributed by atoms with Gasteiger partial charge in [-0.1, -0.05) is 56.2 Å². The topological polar surface area (TPSA) is 218 Å². The molecule has 0 aromatic heterocycles. The molecule has 0 saturated carbocycles. The van der Waals surface area contributed by atoms with Crippen LogP contribution in [0.25, 0.3) is 0 Å². The number of phenolic OH excluding ortho intramolecular Hbond substituents is 1. The Hall–Kier alpha value is -7.07. The molecule has 15 nitrogen and oxygen atoms in total. The van der Waals surface area contributed by atoms with Crippen LogP contribution >= 0.6 is 0 Å². The lowest BCUT2D eigenvalue weighted by Crippen LogP contribution is -2.40. The number of phenols is 1. The molecule has 0 bridgehead atoms. The summed E-state index contributed by atoms with van der Waals surface area (Å²) < 4.78 is 48.2. The Morgan fingerprint density at radius 1 is 0.661 bits per heavy atom. The molecule has 3 N–H and O–H groups in total. The number of benzene rings is 3. The van der Waals surface area contributed by atoms with Crippen molar-refractivity contribution < 1.29 is 61.2 Å². The van der Waals surface area contributed by atoms with Crippen molar-refractivity contribution in [2.75, 3.05) is 19.8 Å². The summed E-state index contributed by atoms with van der Waals surface area (Å²) in [4.78, 5) is 73.9. The Morgan fingerprint density at radius 3 is 1.82 bits per heavy atom. The van der Waals surface area contributed by atoms with Crippen LogP contribution in [0.4, 0.5) is 4.79 Å². The Labute approximate surface area is 360 Å². The lowest BCUT2D eigenvalue weighted by molar-refractivity contribution is -0.159. The van der Waals surface area contributed by atoms with E-state index in [1.54, 1.807) is 36.4 Å². The van der Waals surface area contributed by atoms with Crippen molar-refractivity contribution in [2.45, 2.75) is 61.4 Å². The molecule has 0 saturated heterocycles. The third kappa shape index (κ3) is 15.5. The number of ether oxygens (including phenoxy) is 4. The molecule has 0 aliphatic heterocycles. The SMILES string of the molecule is C=CCc1cc(S(=O)(=O)c2ccc(OC(=O)NCc3cccc(CNC(=O)CCC(=O)OCC(CCC(=O)C=C)(COC(=O)C=C)COC(=O)C=C)c3)c(CC=C)c2)ccc1O. The molecule has 3 aromatic rings. The average Bonchev–Trinajstić information content (AvgIpc) is 3.27. The lowest BCUT2D eigenvalue weighted by Gasteiger charge is -2.31. The van der Waals surface area contributed by atoms with Crippen molar-refractivity contribution in [2.24, 2.45) is 5.41 Å². The van der Waals surface area contributed by atoms with Gasteiger partial charge in [-0.3, -0.25) is 14.4 Å². The first-order valence-electron chi connectivity index (χ1n) is 19.2. The van der Waals surface area contributed by atoms with Crippen LogP contribution in [0, 0.1) is 5.41 Å². The second kappa shape index (κ2) is 24.3. The van der Waals surface area contributed by atoms with E-state index in [0.717, 1.165) is 18.2 Å². The smallest absolute Gasteiger partial charge is 0.412 e. The lowest BCUT2D eigenvalue weighted by atomic mass is 9.84. The maximum Gasteiger partial charge on any atom is 0.412 e. The van der Waals surface area contributed by atoms with Gasteiger partial charge in [-0.05, 0) is 78.4 Å². The quantitative estimate of drug-likeness (QED) is 0.0372. The number of aromatic hydroxyl groups is 1. The van der Waals surface area contributed by atoms with Gasteiger partial charge in [0, 0.05) is 43.6 Å². The van der Waals surface area contributed by atoms with Gasteiger partial charge in [0.05, 0.1) is 21.6 Å². The summed E-state index contributed by atoms with van der Waals surface area (Å²) in [5.41, 5.74) is 0.860. The summed E-state index contributed by atoms with van der Waals surface area (Å²) in [6.07, 6.45) is 5.08. The van der Waals surface area contributed by atoms with E-state index in [1.165, 1.54) is 36.4 Å². The van der Waals surface area contributed by atoms with Crippen LogP contribution in [0.2, 0.25) is 0 Å². The van der Waals surface area contributed by atoms with Crippen molar-refractivity contribution >= 4 is 45.5 Å². The predicted molar refractivity (Wildman–Crippen MR) is 228 cm³/mol. The fourth-order valence-electron chi connectivity index (χ4n) is 5.69. The number of allylic oxidation sites excluding steroid dienone is 3. The van der Waals surface area contributed by atoms with Crippen LogP contribution in [0.3, 0.4) is 0 Å². The second-order valence-electron chi connectivity index (χ2n) is 13.8. The molecule has 328 valence electrons. The number of sulfone groups is 1. The third-order valence-electron chi connectivity index (χ3n) is 9.15. The number of carbonyl (C=O) groups excluding carboxylic acids is 6. The molecule has 3 aromatic carbocycles. The normalized spacial score (nSPS) is 10.9. The van der Waals surface area contributed by atoms with E-state index in [2.05, 4.69) is 43.5 Å². The Morgan fingerprint density at radius 2 is 1.23 bits per heavy atom. The summed E-state index contributed by atoms with van der Waals surface area (Å²) in [5, 5.41) is 15.5. The Bertz CT molecular complexity index is 2240. The minimum atomic E-state index is -4.00. The van der Waals surface area contributed by atoms with Crippen molar-refractivity contribution in [1.29, 1.82) is 0 Å². The van der Waals surface area contributed by atoms with E-state index in [-0.39, 0.29) is 91.9 Å². The summed E-state index contributed by atoms with van der Waals surface area (Å²) >= 11 is 0. The first kappa shape index (κ1) is 49.3. The molecule has 16 heteroatoms. The Kier molecular flexibility index (Phi) is 19.3. The number of esters is 3. The summed E-state index contributed by atoms with van der Waals surface area (Å²) in [7, 11) is -4.00. The van der Waals surface area contributed by atoms with Gasteiger partial charge in [-0.2, -0.15) is 0 Å². The molecular formula is C46H50N2O13S. The van der Waals surface area contributed by atoms with Crippen LogP contribution in [-0.4, -0.2) is 69.0 Å². The van der Waals surface area contributed by atoms with E-state index in [4.69, 9.17) is 18.9 Å². The van der Waals surface area contributed by atoms with Gasteiger partial charge in [0.25, 0.3) is 0 Å². The minimum Gasteiger partial charge on any atom is -0.508 e. The number of amides is 2. The highest BCUT2D eigenvalue weighted by Gasteiger charge is 2.36. The van der Waals surface area contributed by atoms with Crippen molar-refractivity contribution in [3.63, 3.8) is 0 Å². The zero-order chi connectivity index (χ0) is 45.7. The standard InChI is InChI=1S/C46H50N2O13S/c1-6-12-34-25-37(16-18-39(34)50)62(56,57)38-17-19-40(35(26-38)13-7-2)61-45(55)48-28-33-15-11-14-32(24-33)27-47-41(51)20-21-44(54)60-31-46(23-22-36(49)8-3,29-58-42(52)9-4)30-59-43(53)10-5/h6-11,14-19,24-26,50H,1-5,12-13,20-23,27-31H2,(H,47,51)(H,48,55). The molecule has 3 rings (SSSR count). The minimum absolute atomic E-state index is 0.00327. The van der Waals surface area contributed by atoms with E-state index >= 15 is 0 Å². The van der Waals surface area contributed by atoms with Crippen LogP contribution in [-0.2, 0) is 74.0 Å². The van der Waals surface area contributed by atoms with Gasteiger partial charge in [0.2, 0.25) is 15.7 Å². The molecule has 0 aliphatic carbocycles. The van der Waals surface area contributed by atoms with Crippen molar-refractivity contribution in [3.8, 4) is 11.5 Å². The zero-order valence-electron chi connectivity index (χ0n) is 34.2. The van der Waals surface area contributed by atoms with E-state index in [9.17, 15) is 42.3 Å². The van der Waals surface area contributed by atoms with Gasteiger partial charge in [0.1, 0.15) is 31.3 Å². The van der Waals surface area contributed by atoms with Gasteiger partial charge >= 0.3 is 24.0 Å². The van der Waals surface area contributed by atoms with Crippen LogP contribution in [0.5, 0.6) is 11.5 Å². The molecule has 0 aliphatic rings. The molecule has 0 spiro atoms. The molecule has 0 radical (unpaired) electrons. The number of rotatable bonds is 26. The molecule has 0 fully saturated rings. The van der Waals surface area contributed by atoms with Crippen LogP contribution in [0.15, 0.2) is 134 Å². The van der Waals surface area contributed by atoms with Gasteiger partial charge < -0.3 is 34.7 Å². The number of nitrogens with one attached hydrogen (secondary N) is 2. The van der Waals surface area contributed by atoms with Crippen LogP contribution < -0.4 is 15.4 Å². The molecule has 0 unspecified atom stereocenters. The van der Waals surface area contributed by atoms with Gasteiger partial charge in [-0.25, -0.2) is 22.8 Å².